The molecule has 2 aromatic rings. The molecule has 0 aliphatic rings. The van der Waals surface area contributed by atoms with E-state index in [2.05, 4.69) is 6.07 Å². The van der Waals surface area contributed by atoms with Gasteiger partial charge in [0.05, 0.1) is 12.5 Å². The van der Waals surface area contributed by atoms with Gasteiger partial charge in [0.1, 0.15) is 5.82 Å². The molecule has 84 valence electrons. The van der Waals surface area contributed by atoms with Crippen LogP contribution < -0.4 is 0 Å². The molecule has 0 unspecified atom stereocenters. The number of nitriles is 1. The number of benzene rings is 2. The van der Waals surface area contributed by atoms with Gasteiger partial charge in [0.2, 0.25) is 0 Å². The van der Waals surface area contributed by atoms with Gasteiger partial charge in [-0.2, -0.15) is 5.26 Å². The van der Waals surface area contributed by atoms with Crippen LogP contribution in [-0.4, -0.2) is 0 Å². The van der Waals surface area contributed by atoms with E-state index < -0.39 is 0 Å². The minimum absolute atomic E-state index is 0.222. The van der Waals surface area contributed by atoms with Gasteiger partial charge in [0.15, 0.2) is 0 Å². The molecule has 0 saturated heterocycles. The van der Waals surface area contributed by atoms with Gasteiger partial charge in [-0.15, -0.1) is 0 Å². The van der Waals surface area contributed by atoms with E-state index in [9.17, 15) is 4.39 Å². The standard InChI is InChI=1S/C15H12FN/c1-11-10-13(7-6-12(11)8-9-17)14-4-2-3-5-15(14)16/h2-7,10H,8H2,1H3. The molecule has 2 heteroatoms. The highest BCUT2D eigenvalue weighted by atomic mass is 19.1. The monoisotopic (exact) mass is 225 g/mol. The maximum absolute atomic E-state index is 13.6. The van der Waals surface area contributed by atoms with E-state index in [1.165, 1.54) is 6.07 Å². The van der Waals surface area contributed by atoms with E-state index in [1.807, 2.05) is 31.2 Å². The van der Waals surface area contributed by atoms with Crippen molar-refractivity contribution in [2.24, 2.45) is 0 Å². The van der Waals surface area contributed by atoms with Crippen LogP contribution in [0, 0.1) is 24.1 Å². The Morgan fingerprint density at radius 1 is 1.18 bits per heavy atom. The molecule has 17 heavy (non-hydrogen) atoms. The second-order valence-corrected chi connectivity index (χ2v) is 3.96. The number of hydrogen-bond donors (Lipinski definition) is 0. The zero-order valence-electron chi connectivity index (χ0n) is 9.57. The molecule has 0 spiro atoms. The van der Waals surface area contributed by atoms with Crippen LogP contribution in [0.1, 0.15) is 11.1 Å². The van der Waals surface area contributed by atoms with Gasteiger partial charge in [-0.3, -0.25) is 0 Å². The maximum Gasteiger partial charge on any atom is 0.131 e. The lowest BCUT2D eigenvalue weighted by atomic mass is 9.98. The Morgan fingerprint density at radius 3 is 2.59 bits per heavy atom. The highest BCUT2D eigenvalue weighted by molar-refractivity contribution is 5.65. The minimum Gasteiger partial charge on any atom is -0.206 e. The third-order valence-corrected chi connectivity index (χ3v) is 2.80. The highest BCUT2D eigenvalue weighted by Gasteiger charge is 2.05. The Balaban J connectivity index is 2.46. The number of aryl methyl sites for hydroxylation is 1. The number of hydrogen-bond acceptors (Lipinski definition) is 1. The van der Waals surface area contributed by atoms with Gasteiger partial charge < -0.3 is 0 Å². The van der Waals surface area contributed by atoms with E-state index in [4.69, 9.17) is 5.26 Å². The van der Waals surface area contributed by atoms with Gasteiger partial charge in [-0.1, -0.05) is 36.4 Å². The van der Waals surface area contributed by atoms with Crippen LogP contribution in [0.3, 0.4) is 0 Å². The topological polar surface area (TPSA) is 23.8 Å². The summed E-state index contributed by atoms with van der Waals surface area (Å²) in [6.07, 6.45) is 0.392. The zero-order valence-corrected chi connectivity index (χ0v) is 9.57. The summed E-state index contributed by atoms with van der Waals surface area (Å²) in [6, 6.07) is 14.5. The first-order chi connectivity index (χ1) is 8.22. The first-order valence-corrected chi connectivity index (χ1v) is 5.44. The molecule has 0 N–H and O–H groups in total. The van der Waals surface area contributed by atoms with E-state index >= 15 is 0 Å². The lowest BCUT2D eigenvalue weighted by Crippen LogP contribution is -1.90. The molecule has 0 fully saturated rings. The Labute approximate surface area is 100 Å². The largest absolute Gasteiger partial charge is 0.206 e. The van der Waals surface area contributed by atoms with Crippen LogP contribution in [0.25, 0.3) is 11.1 Å². The Morgan fingerprint density at radius 2 is 1.94 bits per heavy atom. The van der Waals surface area contributed by atoms with Crippen molar-refractivity contribution in [2.45, 2.75) is 13.3 Å². The van der Waals surface area contributed by atoms with E-state index in [-0.39, 0.29) is 5.82 Å². The summed E-state index contributed by atoms with van der Waals surface area (Å²) in [5.74, 6) is -0.222. The SMILES string of the molecule is Cc1cc(-c2ccccc2F)ccc1CC#N. The van der Waals surface area contributed by atoms with Crippen molar-refractivity contribution in [3.63, 3.8) is 0 Å². The van der Waals surface area contributed by atoms with Crippen LogP contribution in [0.15, 0.2) is 42.5 Å². The second-order valence-electron chi connectivity index (χ2n) is 3.96. The van der Waals surface area contributed by atoms with Crippen LogP contribution in [0.2, 0.25) is 0 Å². The molecule has 0 aromatic heterocycles. The van der Waals surface area contributed by atoms with E-state index in [0.717, 1.165) is 16.7 Å². The maximum atomic E-state index is 13.6. The molecule has 0 amide bonds. The third kappa shape index (κ3) is 2.34. The second kappa shape index (κ2) is 4.80. The van der Waals surface area contributed by atoms with Crippen LogP contribution in [0.5, 0.6) is 0 Å². The summed E-state index contributed by atoms with van der Waals surface area (Å²) < 4.78 is 13.6. The van der Waals surface area contributed by atoms with Crippen molar-refractivity contribution in [2.75, 3.05) is 0 Å². The summed E-state index contributed by atoms with van der Waals surface area (Å²) in [4.78, 5) is 0. The Kier molecular flexibility index (Phi) is 3.20. The van der Waals surface area contributed by atoms with Crippen molar-refractivity contribution < 1.29 is 4.39 Å². The smallest absolute Gasteiger partial charge is 0.131 e. The van der Waals surface area contributed by atoms with Gasteiger partial charge >= 0.3 is 0 Å². The molecule has 0 aliphatic heterocycles. The molecule has 1 nitrogen and oxygen atoms in total. The van der Waals surface area contributed by atoms with Crippen molar-refractivity contribution in [1.82, 2.24) is 0 Å². The first kappa shape index (κ1) is 11.3. The average molecular weight is 225 g/mol. The molecule has 2 aromatic carbocycles. The fourth-order valence-electron chi connectivity index (χ4n) is 1.84. The Bertz CT molecular complexity index is 582. The summed E-state index contributed by atoms with van der Waals surface area (Å²) in [7, 11) is 0. The molecular weight excluding hydrogens is 213 g/mol. The molecule has 0 atom stereocenters. The predicted octanol–water partition coefficient (Wildman–Crippen LogP) is 3.87. The molecule has 0 radical (unpaired) electrons. The third-order valence-electron chi connectivity index (χ3n) is 2.80. The average Bonchev–Trinajstić information content (AvgIpc) is 2.33. The van der Waals surface area contributed by atoms with Gasteiger partial charge in [0.25, 0.3) is 0 Å². The summed E-state index contributed by atoms with van der Waals surface area (Å²) in [6.45, 7) is 1.94. The van der Waals surface area contributed by atoms with Crippen LogP contribution in [-0.2, 0) is 6.42 Å². The Hall–Kier alpha value is -2.14. The van der Waals surface area contributed by atoms with Crippen molar-refractivity contribution in [1.29, 1.82) is 5.26 Å². The first-order valence-electron chi connectivity index (χ1n) is 5.44. The summed E-state index contributed by atoms with van der Waals surface area (Å²) in [5, 5.41) is 8.66. The van der Waals surface area contributed by atoms with Gasteiger partial charge in [-0.25, -0.2) is 4.39 Å². The minimum atomic E-state index is -0.222. The molecular formula is C15H12FN. The van der Waals surface area contributed by atoms with E-state index in [1.54, 1.807) is 12.1 Å². The quantitative estimate of drug-likeness (QED) is 0.761. The number of nitrogens with zero attached hydrogens (tertiary/aromatic N) is 1. The summed E-state index contributed by atoms with van der Waals surface area (Å²) in [5.41, 5.74) is 3.46. The van der Waals surface area contributed by atoms with Crippen molar-refractivity contribution in [3.8, 4) is 17.2 Å². The van der Waals surface area contributed by atoms with E-state index in [0.29, 0.717) is 12.0 Å². The normalized spacial score (nSPS) is 9.94. The van der Waals surface area contributed by atoms with Crippen LogP contribution in [0.4, 0.5) is 4.39 Å². The molecule has 0 heterocycles. The molecule has 0 bridgehead atoms. The van der Waals surface area contributed by atoms with Crippen LogP contribution >= 0.6 is 0 Å². The number of rotatable bonds is 2. The van der Waals surface area contributed by atoms with Gasteiger partial charge in [-0.05, 0) is 29.7 Å². The predicted molar refractivity (Wildman–Crippen MR) is 65.9 cm³/mol. The van der Waals surface area contributed by atoms with Crippen molar-refractivity contribution in [3.05, 3.63) is 59.4 Å². The lowest BCUT2D eigenvalue weighted by Gasteiger charge is -2.07. The van der Waals surface area contributed by atoms with Crippen molar-refractivity contribution >= 4 is 0 Å². The fourth-order valence-corrected chi connectivity index (χ4v) is 1.84. The highest BCUT2D eigenvalue weighted by Crippen LogP contribution is 2.24. The molecule has 0 saturated carbocycles. The summed E-state index contributed by atoms with van der Waals surface area (Å²) >= 11 is 0. The fraction of sp³-hybridized carbons (Fsp3) is 0.133. The zero-order chi connectivity index (χ0) is 12.3. The van der Waals surface area contributed by atoms with Gasteiger partial charge in [0, 0.05) is 5.56 Å². The number of halogens is 1. The molecule has 0 aliphatic carbocycles. The lowest BCUT2D eigenvalue weighted by molar-refractivity contribution is 0.631. The molecule has 2 rings (SSSR count).